The highest BCUT2D eigenvalue weighted by Crippen LogP contribution is 2.08. The molecule has 1 N–H and O–H groups in total. The van der Waals surface area contributed by atoms with Gasteiger partial charge in [-0.2, -0.15) is 0 Å². The molecule has 0 spiro atoms. The Hall–Kier alpha value is -1.25. The quantitative estimate of drug-likeness (QED) is 0.636. The van der Waals surface area contributed by atoms with Crippen molar-refractivity contribution in [3.8, 4) is 0 Å². The van der Waals surface area contributed by atoms with Crippen LogP contribution in [0.5, 0.6) is 0 Å². The summed E-state index contributed by atoms with van der Waals surface area (Å²) in [5.41, 5.74) is 0. The molecule has 12 heavy (non-hydrogen) atoms. The van der Waals surface area contributed by atoms with Gasteiger partial charge in [-0.3, -0.25) is 0 Å². The SMILES string of the molecule is C=CC1=C(N=C)NCCO1.CC. The summed E-state index contributed by atoms with van der Waals surface area (Å²) >= 11 is 0. The summed E-state index contributed by atoms with van der Waals surface area (Å²) in [6, 6.07) is 0. The van der Waals surface area contributed by atoms with Gasteiger partial charge in [-0.25, -0.2) is 4.99 Å². The molecule has 1 aliphatic heterocycles. The molecule has 1 aliphatic rings. The first-order chi connectivity index (χ1) is 5.88. The van der Waals surface area contributed by atoms with Crippen LogP contribution >= 0.6 is 0 Å². The van der Waals surface area contributed by atoms with Crippen molar-refractivity contribution in [2.24, 2.45) is 4.99 Å². The molecular weight excluding hydrogens is 152 g/mol. The third kappa shape index (κ3) is 2.78. The topological polar surface area (TPSA) is 33.6 Å². The summed E-state index contributed by atoms with van der Waals surface area (Å²) in [5.74, 6) is 1.36. The van der Waals surface area contributed by atoms with E-state index in [1.807, 2.05) is 13.8 Å². The predicted molar refractivity (Wildman–Crippen MR) is 52.1 cm³/mol. The Labute approximate surface area is 73.8 Å². The zero-order chi connectivity index (χ0) is 9.40. The van der Waals surface area contributed by atoms with Gasteiger partial charge in [0.15, 0.2) is 11.6 Å². The maximum absolute atomic E-state index is 5.20. The second-order valence-corrected chi connectivity index (χ2v) is 1.85. The standard InChI is InChI=1S/C7H10N2O.C2H6/c1-3-6-7(8-2)9-4-5-10-6;1-2/h3,9H,1-2,4-5H2;1-2H3. The zero-order valence-electron chi connectivity index (χ0n) is 7.76. The van der Waals surface area contributed by atoms with Gasteiger partial charge in [0.25, 0.3) is 0 Å². The normalized spacial score (nSPS) is 14.8. The lowest BCUT2D eigenvalue weighted by molar-refractivity contribution is 0.203. The molecule has 68 valence electrons. The van der Waals surface area contributed by atoms with Crippen LogP contribution < -0.4 is 5.32 Å². The van der Waals surface area contributed by atoms with Crippen LogP contribution in [0.3, 0.4) is 0 Å². The van der Waals surface area contributed by atoms with Crippen molar-refractivity contribution < 1.29 is 4.74 Å². The second kappa shape index (κ2) is 6.46. The summed E-state index contributed by atoms with van der Waals surface area (Å²) in [6.07, 6.45) is 1.62. The first-order valence-corrected chi connectivity index (χ1v) is 4.08. The molecule has 0 bridgehead atoms. The first-order valence-electron chi connectivity index (χ1n) is 4.08. The Balaban J connectivity index is 0.000000561. The van der Waals surface area contributed by atoms with Crippen molar-refractivity contribution in [3.05, 3.63) is 24.2 Å². The van der Waals surface area contributed by atoms with Crippen LogP contribution in [-0.2, 0) is 4.74 Å². The van der Waals surface area contributed by atoms with Crippen LogP contribution in [0.25, 0.3) is 0 Å². The van der Waals surface area contributed by atoms with Crippen molar-refractivity contribution in [3.63, 3.8) is 0 Å². The van der Waals surface area contributed by atoms with Crippen molar-refractivity contribution in [1.82, 2.24) is 5.32 Å². The average molecular weight is 168 g/mol. The summed E-state index contributed by atoms with van der Waals surface area (Å²) in [5, 5.41) is 3.02. The molecule has 0 saturated carbocycles. The van der Waals surface area contributed by atoms with E-state index >= 15 is 0 Å². The van der Waals surface area contributed by atoms with E-state index in [-0.39, 0.29) is 0 Å². The van der Waals surface area contributed by atoms with Gasteiger partial charge in [0.05, 0.1) is 6.54 Å². The van der Waals surface area contributed by atoms with E-state index in [4.69, 9.17) is 4.74 Å². The Kier molecular flexibility index (Phi) is 5.79. The Morgan fingerprint density at radius 2 is 2.25 bits per heavy atom. The van der Waals surface area contributed by atoms with E-state index in [1.54, 1.807) is 6.08 Å². The van der Waals surface area contributed by atoms with E-state index in [0.717, 1.165) is 6.54 Å². The van der Waals surface area contributed by atoms with Crippen molar-refractivity contribution in [1.29, 1.82) is 0 Å². The number of aliphatic imine (C=N–C) groups is 1. The molecule has 3 nitrogen and oxygen atoms in total. The Bertz CT molecular complexity index is 165. The zero-order valence-corrected chi connectivity index (χ0v) is 7.76. The summed E-state index contributed by atoms with van der Waals surface area (Å²) < 4.78 is 5.20. The molecule has 0 atom stereocenters. The highest BCUT2D eigenvalue weighted by Gasteiger charge is 2.07. The summed E-state index contributed by atoms with van der Waals surface area (Å²) in [7, 11) is 0. The predicted octanol–water partition coefficient (Wildman–Crippen LogP) is 1.69. The van der Waals surface area contributed by atoms with Gasteiger partial charge >= 0.3 is 0 Å². The third-order valence-corrected chi connectivity index (χ3v) is 1.23. The fourth-order valence-electron chi connectivity index (χ4n) is 0.775. The van der Waals surface area contributed by atoms with Crippen molar-refractivity contribution in [2.75, 3.05) is 13.2 Å². The van der Waals surface area contributed by atoms with Crippen molar-refractivity contribution >= 4 is 6.72 Å². The minimum atomic E-state index is 0.667. The van der Waals surface area contributed by atoms with Crippen LogP contribution in [0, 0.1) is 0 Å². The molecule has 0 aliphatic carbocycles. The van der Waals surface area contributed by atoms with Gasteiger partial charge in [-0.15, -0.1) is 0 Å². The van der Waals surface area contributed by atoms with E-state index in [9.17, 15) is 0 Å². The maximum atomic E-state index is 5.20. The van der Waals surface area contributed by atoms with Gasteiger partial charge in [-0.1, -0.05) is 20.4 Å². The fraction of sp³-hybridized carbons (Fsp3) is 0.444. The van der Waals surface area contributed by atoms with E-state index in [2.05, 4.69) is 23.6 Å². The highest BCUT2D eigenvalue weighted by atomic mass is 16.5. The largest absolute Gasteiger partial charge is 0.488 e. The highest BCUT2D eigenvalue weighted by molar-refractivity contribution is 5.31. The lowest BCUT2D eigenvalue weighted by Crippen LogP contribution is -2.25. The number of nitrogens with zero attached hydrogens (tertiary/aromatic N) is 1. The molecule has 0 fully saturated rings. The minimum Gasteiger partial charge on any atom is -0.488 e. The summed E-state index contributed by atoms with van der Waals surface area (Å²) in [4.78, 5) is 3.72. The second-order valence-electron chi connectivity index (χ2n) is 1.85. The minimum absolute atomic E-state index is 0.667. The van der Waals surface area contributed by atoms with Gasteiger partial charge in [0, 0.05) is 0 Å². The molecule has 3 heteroatoms. The fourth-order valence-corrected chi connectivity index (χ4v) is 0.775. The van der Waals surface area contributed by atoms with E-state index < -0.39 is 0 Å². The van der Waals surface area contributed by atoms with E-state index in [0.29, 0.717) is 18.2 Å². The molecule has 0 saturated heterocycles. The number of hydrogen-bond donors (Lipinski definition) is 1. The molecule has 1 rings (SSSR count). The number of hydrogen-bond acceptors (Lipinski definition) is 3. The Morgan fingerprint density at radius 1 is 1.58 bits per heavy atom. The number of rotatable bonds is 2. The monoisotopic (exact) mass is 168 g/mol. The smallest absolute Gasteiger partial charge is 0.168 e. The lowest BCUT2D eigenvalue weighted by Gasteiger charge is -2.17. The van der Waals surface area contributed by atoms with Gasteiger partial charge in [-0.05, 0) is 12.8 Å². The molecule has 1 heterocycles. The summed E-state index contributed by atoms with van der Waals surface area (Å²) in [6.45, 7) is 12.4. The first kappa shape index (κ1) is 10.8. The maximum Gasteiger partial charge on any atom is 0.168 e. The van der Waals surface area contributed by atoms with Gasteiger partial charge in [0.1, 0.15) is 6.61 Å². The van der Waals surface area contributed by atoms with Crippen LogP contribution in [0.4, 0.5) is 0 Å². The third-order valence-electron chi connectivity index (χ3n) is 1.23. The Morgan fingerprint density at radius 3 is 2.67 bits per heavy atom. The molecule has 0 aromatic heterocycles. The number of allylic oxidation sites excluding steroid dienone is 1. The molecular formula is C9H16N2O. The number of nitrogens with one attached hydrogen (secondary N) is 1. The average Bonchev–Trinajstić information content (AvgIpc) is 2.20. The van der Waals surface area contributed by atoms with Crippen LogP contribution in [0.15, 0.2) is 29.2 Å². The van der Waals surface area contributed by atoms with Crippen LogP contribution in [0.1, 0.15) is 13.8 Å². The van der Waals surface area contributed by atoms with E-state index in [1.165, 1.54) is 0 Å². The lowest BCUT2D eigenvalue weighted by atomic mass is 10.4. The molecule has 0 aromatic carbocycles. The molecule has 0 aromatic rings. The number of ether oxygens (including phenoxy) is 1. The molecule has 0 amide bonds. The van der Waals surface area contributed by atoms with Gasteiger partial charge < -0.3 is 10.1 Å². The molecule has 0 radical (unpaired) electrons. The van der Waals surface area contributed by atoms with Crippen LogP contribution in [-0.4, -0.2) is 19.9 Å². The van der Waals surface area contributed by atoms with Gasteiger partial charge in [0.2, 0.25) is 0 Å². The van der Waals surface area contributed by atoms with Crippen LogP contribution in [0.2, 0.25) is 0 Å². The molecule has 0 unspecified atom stereocenters. The van der Waals surface area contributed by atoms with Crippen molar-refractivity contribution in [2.45, 2.75) is 13.8 Å².